The predicted molar refractivity (Wildman–Crippen MR) is 126 cm³/mol. The molecule has 0 radical (unpaired) electrons. The highest BCUT2D eigenvalue weighted by Crippen LogP contribution is 2.32. The molecule has 1 fully saturated rings. The summed E-state index contributed by atoms with van der Waals surface area (Å²) in [5.41, 5.74) is 0.0596. The SMILES string of the molecule is COC(=O)N(CCOCCOCCOc1ccc2c(c1)C(=O)N(C1CCN(O)C1O)C2=O)C(C)(C)C. The van der Waals surface area contributed by atoms with E-state index in [4.69, 9.17) is 18.9 Å². The summed E-state index contributed by atoms with van der Waals surface area (Å²) in [5, 5.41) is 20.4. The molecule has 2 heterocycles. The highest BCUT2D eigenvalue weighted by atomic mass is 16.6. The number of hydrogen-bond donors (Lipinski definition) is 2. The molecule has 200 valence electrons. The van der Waals surface area contributed by atoms with Crippen LogP contribution < -0.4 is 4.74 Å². The summed E-state index contributed by atoms with van der Waals surface area (Å²) in [4.78, 5) is 40.0. The zero-order chi connectivity index (χ0) is 26.5. The van der Waals surface area contributed by atoms with Crippen molar-refractivity contribution < 1.29 is 43.6 Å². The molecule has 2 aliphatic rings. The van der Waals surface area contributed by atoms with Crippen LogP contribution in [-0.4, -0.2) is 114 Å². The molecule has 12 nitrogen and oxygen atoms in total. The first-order chi connectivity index (χ1) is 17.1. The molecule has 1 aromatic rings. The number of fused-ring (bicyclic) bond motifs is 1. The van der Waals surface area contributed by atoms with E-state index in [0.29, 0.717) is 32.1 Å². The number of benzene rings is 1. The summed E-state index contributed by atoms with van der Waals surface area (Å²) in [6, 6.07) is 3.81. The third kappa shape index (κ3) is 6.31. The topological polar surface area (TPSA) is 138 Å². The number of aliphatic hydroxyl groups excluding tert-OH is 1. The van der Waals surface area contributed by atoms with Crippen LogP contribution in [0.1, 0.15) is 47.9 Å². The molecule has 0 bridgehead atoms. The number of carbonyl (C=O) groups is 3. The number of imide groups is 1. The molecule has 12 heteroatoms. The van der Waals surface area contributed by atoms with Crippen molar-refractivity contribution in [1.82, 2.24) is 14.9 Å². The van der Waals surface area contributed by atoms with Gasteiger partial charge >= 0.3 is 6.09 Å². The lowest BCUT2D eigenvalue weighted by atomic mass is 10.1. The van der Waals surface area contributed by atoms with E-state index < -0.39 is 30.2 Å². The normalized spacial score (nSPS) is 20.1. The second-order valence-electron chi connectivity index (χ2n) is 9.49. The molecule has 36 heavy (non-hydrogen) atoms. The van der Waals surface area contributed by atoms with Crippen LogP contribution in [0.4, 0.5) is 4.79 Å². The molecule has 1 aromatic carbocycles. The Morgan fingerprint density at radius 3 is 2.31 bits per heavy atom. The first-order valence-electron chi connectivity index (χ1n) is 11.9. The first-order valence-corrected chi connectivity index (χ1v) is 11.9. The molecule has 2 N–H and O–H groups in total. The minimum Gasteiger partial charge on any atom is -0.491 e. The van der Waals surface area contributed by atoms with Gasteiger partial charge in [-0.3, -0.25) is 14.5 Å². The lowest BCUT2D eigenvalue weighted by Gasteiger charge is -2.34. The number of amides is 3. The standard InChI is InChI=1S/C24H35N3O9/c1-24(2,3)25(23(31)33-4)9-10-34-11-12-35-13-14-36-16-5-6-17-18(15-16)21(29)27(20(17)28)19-7-8-26(32)22(19)30/h5-6,15,19,22,30,32H,7-14H2,1-4H3. The number of hydrogen-bond acceptors (Lipinski definition) is 10. The maximum atomic E-state index is 12.8. The van der Waals surface area contributed by atoms with Crippen molar-refractivity contribution in [3.8, 4) is 5.75 Å². The third-order valence-corrected chi connectivity index (χ3v) is 6.06. The quantitative estimate of drug-likeness (QED) is 0.332. The Morgan fingerprint density at radius 2 is 1.69 bits per heavy atom. The van der Waals surface area contributed by atoms with Crippen LogP contribution in [-0.2, 0) is 14.2 Å². The zero-order valence-electron chi connectivity index (χ0n) is 21.1. The van der Waals surface area contributed by atoms with E-state index in [9.17, 15) is 24.7 Å². The largest absolute Gasteiger partial charge is 0.491 e. The Morgan fingerprint density at radius 1 is 1.06 bits per heavy atom. The van der Waals surface area contributed by atoms with Gasteiger partial charge in [-0.05, 0) is 45.4 Å². The number of aliphatic hydroxyl groups is 1. The van der Waals surface area contributed by atoms with Crippen LogP contribution in [0, 0.1) is 0 Å². The van der Waals surface area contributed by atoms with Gasteiger partial charge in [-0.1, -0.05) is 0 Å². The highest BCUT2D eigenvalue weighted by Gasteiger charge is 2.46. The van der Waals surface area contributed by atoms with Gasteiger partial charge in [0.1, 0.15) is 18.6 Å². The van der Waals surface area contributed by atoms with Crippen molar-refractivity contribution in [1.29, 1.82) is 0 Å². The molecule has 2 aliphatic heterocycles. The lowest BCUT2D eigenvalue weighted by molar-refractivity contribution is -0.179. The van der Waals surface area contributed by atoms with Gasteiger partial charge in [0, 0.05) is 18.6 Å². The molecule has 0 aliphatic carbocycles. The van der Waals surface area contributed by atoms with Gasteiger partial charge in [0.05, 0.1) is 50.7 Å². The Labute approximate surface area is 210 Å². The molecule has 3 rings (SSSR count). The summed E-state index contributed by atoms with van der Waals surface area (Å²) in [6.45, 7) is 7.87. The minimum atomic E-state index is -1.31. The van der Waals surface area contributed by atoms with E-state index >= 15 is 0 Å². The maximum Gasteiger partial charge on any atom is 0.409 e. The molecule has 0 spiro atoms. The molecule has 2 atom stereocenters. The lowest BCUT2D eigenvalue weighted by Crippen LogP contribution is -2.47. The van der Waals surface area contributed by atoms with Crippen LogP contribution in [0.3, 0.4) is 0 Å². The van der Waals surface area contributed by atoms with Gasteiger partial charge in [-0.15, -0.1) is 0 Å². The fraction of sp³-hybridized carbons (Fsp3) is 0.625. The Balaban J connectivity index is 1.37. The molecule has 1 saturated heterocycles. The monoisotopic (exact) mass is 509 g/mol. The summed E-state index contributed by atoms with van der Waals surface area (Å²) < 4.78 is 21.5. The molecule has 0 aromatic heterocycles. The van der Waals surface area contributed by atoms with Gasteiger partial charge in [0.25, 0.3) is 11.8 Å². The van der Waals surface area contributed by atoms with Crippen molar-refractivity contribution in [2.45, 2.75) is 45.0 Å². The van der Waals surface area contributed by atoms with Gasteiger partial charge in [-0.25, -0.2) is 4.79 Å². The summed E-state index contributed by atoms with van der Waals surface area (Å²) in [7, 11) is 1.35. The number of rotatable bonds is 11. The third-order valence-electron chi connectivity index (χ3n) is 6.06. The van der Waals surface area contributed by atoms with E-state index in [0.717, 1.165) is 9.96 Å². The van der Waals surface area contributed by atoms with E-state index in [1.165, 1.54) is 19.2 Å². The predicted octanol–water partition coefficient (Wildman–Crippen LogP) is 1.34. The van der Waals surface area contributed by atoms with Crippen LogP contribution in [0.15, 0.2) is 18.2 Å². The molecule has 0 saturated carbocycles. The van der Waals surface area contributed by atoms with Crippen LogP contribution in [0.25, 0.3) is 0 Å². The van der Waals surface area contributed by atoms with Gasteiger partial charge < -0.3 is 34.2 Å². The fourth-order valence-corrected chi connectivity index (χ4v) is 4.14. The molecule has 3 amide bonds. The van der Waals surface area contributed by atoms with E-state index in [1.54, 1.807) is 11.0 Å². The average Bonchev–Trinajstić information content (AvgIpc) is 3.28. The van der Waals surface area contributed by atoms with Crippen LogP contribution in [0.5, 0.6) is 5.75 Å². The summed E-state index contributed by atoms with van der Waals surface area (Å²) >= 11 is 0. The summed E-state index contributed by atoms with van der Waals surface area (Å²) in [5.74, 6) is -0.607. The minimum absolute atomic E-state index is 0.168. The van der Waals surface area contributed by atoms with Crippen molar-refractivity contribution in [2.24, 2.45) is 0 Å². The second kappa shape index (κ2) is 12.0. The van der Waals surface area contributed by atoms with E-state index in [1.807, 2.05) is 20.8 Å². The zero-order valence-corrected chi connectivity index (χ0v) is 21.1. The molecule has 2 unspecified atom stereocenters. The number of hydroxylamine groups is 2. The Kier molecular flexibility index (Phi) is 9.25. The van der Waals surface area contributed by atoms with E-state index in [-0.39, 0.29) is 42.8 Å². The van der Waals surface area contributed by atoms with Gasteiger partial charge in [0.15, 0.2) is 0 Å². The van der Waals surface area contributed by atoms with Crippen LogP contribution in [0.2, 0.25) is 0 Å². The Bertz CT molecular complexity index is 949. The van der Waals surface area contributed by atoms with Crippen molar-refractivity contribution in [2.75, 3.05) is 53.2 Å². The van der Waals surface area contributed by atoms with Crippen molar-refractivity contribution in [3.05, 3.63) is 29.3 Å². The van der Waals surface area contributed by atoms with Crippen molar-refractivity contribution in [3.63, 3.8) is 0 Å². The van der Waals surface area contributed by atoms with E-state index in [2.05, 4.69) is 0 Å². The molecular weight excluding hydrogens is 474 g/mol. The fourth-order valence-electron chi connectivity index (χ4n) is 4.14. The summed E-state index contributed by atoms with van der Waals surface area (Å²) in [6.07, 6.45) is -1.43. The number of carbonyl (C=O) groups excluding carboxylic acids is 3. The number of ether oxygens (including phenoxy) is 4. The maximum absolute atomic E-state index is 12.8. The Hall–Kier alpha value is -2.77. The first kappa shape index (κ1) is 27.8. The number of methoxy groups -OCH3 is 1. The van der Waals surface area contributed by atoms with Gasteiger partial charge in [-0.2, -0.15) is 5.06 Å². The van der Waals surface area contributed by atoms with Crippen LogP contribution >= 0.6 is 0 Å². The number of nitrogens with zero attached hydrogens (tertiary/aromatic N) is 3. The molecular formula is C24H35N3O9. The second-order valence-corrected chi connectivity index (χ2v) is 9.49. The van der Waals surface area contributed by atoms with Gasteiger partial charge in [0.2, 0.25) is 0 Å². The highest BCUT2D eigenvalue weighted by molar-refractivity contribution is 6.21. The van der Waals surface area contributed by atoms with Crippen molar-refractivity contribution >= 4 is 17.9 Å². The average molecular weight is 510 g/mol. The smallest absolute Gasteiger partial charge is 0.409 e.